The van der Waals surface area contributed by atoms with Gasteiger partial charge in [-0.25, -0.2) is 0 Å². The van der Waals surface area contributed by atoms with E-state index >= 15 is 0 Å². The molecule has 0 aromatic carbocycles. The summed E-state index contributed by atoms with van der Waals surface area (Å²) in [5, 5.41) is 0. The normalized spacial score (nSPS) is 14.6. The molecule has 0 aliphatic heterocycles. The number of carbonyl (C=O) groups is 1. The molecule has 0 aliphatic carbocycles. The van der Waals surface area contributed by atoms with Gasteiger partial charge < -0.3 is 4.74 Å². The van der Waals surface area contributed by atoms with Crippen LogP contribution in [0.25, 0.3) is 0 Å². The Kier molecular flexibility index (Phi) is 7.11. The third-order valence-corrected chi connectivity index (χ3v) is 2.69. The van der Waals surface area contributed by atoms with Crippen molar-refractivity contribution < 1.29 is 9.53 Å². The summed E-state index contributed by atoms with van der Waals surface area (Å²) in [5.41, 5.74) is -0.485. The number of rotatable bonds is 8. The Morgan fingerprint density at radius 1 is 1.50 bits per heavy atom. The van der Waals surface area contributed by atoms with Crippen molar-refractivity contribution in [2.24, 2.45) is 5.92 Å². The van der Waals surface area contributed by atoms with Crippen LogP contribution in [0.5, 0.6) is 0 Å². The van der Waals surface area contributed by atoms with Crippen LogP contribution in [0.4, 0.5) is 0 Å². The summed E-state index contributed by atoms with van der Waals surface area (Å²) >= 11 is 0. The summed E-state index contributed by atoms with van der Waals surface area (Å²) in [4.78, 5) is 11.4. The van der Waals surface area contributed by atoms with Gasteiger partial charge in [0.1, 0.15) is 5.60 Å². The van der Waals surface area contributed by atoms with Gasteiger partial charge >= 0.3 is 5.97 Å². The van der Waals surface area contributed by atoms with E-state index in [-0.39, 0.29) is 5.97 Å². The largest absolute Gasteiger partial charge is 0.455 e. The van der Waals surface area contributed by atoms with E-state index in [0.717, 1.165) is 25.7 Å². The lowest BCUT2D eigenvalue weighted by molar-refractivity contribution is -0.154. The summed E-state index contributed by atoms with van der Waals surface area (Å²) < 4.78 is 5.45. The van der Waals surface area contributed by atoms with Crippen molar-refractivity contribution in [1.82, 2.24) is 0 Å². The van der Waals surface area contributed by atoms with E-state index < -0.39 is 5.60 Å². The number of ether oxygens (including phenoxy) is 1. The van der Waals surface area contributed by atoms with E-state index in [1.807, 2.05) is 13.8 Å². The fourth-order valence-corrected chi connectivity index (χ4v) is 1.57. The molecule has 0 rings (SSSR count). The Morgan fingerprint density at radius 2 is 2.12 bits per heavy atom. The number of carbonyl (C=O) groups excluding carboxylic acids is 1. The second-order valence-electron chi connectivity index (χ2n) is 5.03. The molecule has 0 heterocycles. The monoisotopic (exact) mass is 226 g/mol. The maximum Gasteiger partial charge on any atom is 0.306 e. The molecule has 0 saturated carbocycles. The topological polar surface area (TPSA) is 26.3 Å². The molecule has 0 aromatic rings. The van der Waals surface area contributed by atoms with Gasteiger partial charge in [-0.05, 0) is 38.2 Å². The summed E-state index contributed by atoms with van der Waals surface area (Å²) in [6.45, 7) is 12.1. The predicted molar refractivity (Wildman–Crippen MR) is 68.3 cm³/mol. The molecule has 0 spiro atoms. The molecule has 2 nitrogen and oxygen atoms in total. The molecule has 2 heteroatoms. The molecule has 0 aliphatic rings. The third kappa shape index (κ3) is 6.65. The van der Waals surface area contributed by atoms with Crippen LogP contribution in [-0.4, -0.2) is 11.6 Å². The Hall–Kier alpha value is -0.790. The molecular weight excluding hydrogens is 200 g/mol. The lowest BCUT2D eigenvalue weighted by atomic mass is 9.96. The minimum absolute atomic E-state index is 0.116. The molecule has 0 saturated heterocycles. The van der Waals surface area contributed by atoms with E-state index in [1.165, 1.54) is 0 Å². The number of hydrogen-bond acceptors (Lipinski definition) is 2. The van der Waals surface area contributed by atoms with Crippen LogP contribution in [0, 0.1) is 5.92 Å². The van der Waals surface area contributed by atoms with Crippen LogP contribution in [0.3, 0.4) is 0 Å². The molecule has 0 N–H and O–H groups in total. The smallest absolute Gasteiger partial charge is 0.306 e. The first-order valence-electron chi connectivity index (χ1n) is 6.29. The van der Waals surface area contributed by atoms with Gasteiger partial charge in [0, 0.05) is 6.42 Å². The van der Waals surface area contributed by atoms with Crippen LogP contribution in [-0.2, 0) is 9.53 Å². The fraction of sp³-hybridized carbons (Fsp3) is 0.786. The van der Waals surface area contributed by atoms with Crippen molar-refractivity contribution in [2.45, 2.75) is 65.4 Å². The summed E-state index contributed by atoms with van der Waals surface area (Å²) in [7, 11) is 0. The van der Waals surface area contributed by atoms with Crippen LogP contribution < -0.4 is 0 Å². The molecule has 0 radical (unpaired) electrons. The fourth-order valence-electron chi connectivity index (χ4n) is 1.57. The molecule has 1 unspecified atom stereocenters. The van der Waals surface area contributed by atoms with Gasteiger partial charge in [-0.2, -0.15) is 0 Å². The lowest BCUT2D eigenvalue weighted by Crippen LogP contribution is -2.29. The Bertz CT molecular complexity index is 221. The second kappa shape index (κ2) is 7.48. The van der Waals surface area contributed by atoms with Crippen LogP contribution >= 0.6 is 0 Å². The summed E-state index contributed by atoms with van der Waals surface area (Å²) in [6, 6.07) is 0. The summed E-state index contributed by atoms with van der Waals surface area (Å²) in [6.07, 6.45) is 6.17. The van der Waals surface area contributed by atoms with Gasteiger partial charge in [0.15, 0.2) is 0 Å². The molecular formula is C14H26O2. The quantitative estimate of drug-likeness (QED) is 0.460. The first-order chi connectivity index (χ1) is 7.43. The number of hydrogen-bond donors (Lipinski definition) is 0. The van der Waals surface area contributed by atoms with Gasteiger partial charge in [0.25, 0.3) is 0 Å². The number of esters is 1. The highest BCUT2D eigenvalue weighted by molar-refractivity contribution is 5.70. The Balaban J connectivity index is 4.09. The van der Waals surface area contributed by atoms with Crippen LogP contribution in [0.1, 0.15) is 59.8 Å². The minimum atomic E-state index is -0.485. The minimum Gasteiger partial charge on any atom is -0.455 e. The molecule has 94 valence electrons. The predicted octanol–water partition coefficient (Wildman–Crippen LogP) is 4.10. The molecule has 0 amide bonds. The van der Waals surface area contributed by atoms with Crippen molar-refractivity contribution in [3.8, 4) is 0 Å². The highest BCUT2D eigenvalue weighted by Crippen LogP contribution is 2.22. The van der Waals surface area contributed by atoms with Crippen LogP contribution in [0.2, 0.25) is 0 Å². The molecule has 0 bridgehead atoms. The SMILES string of the molecule is C=CC(C)(CCCC(C)C)OC(=O)CCC. The van der Waals surface area contributed by atoms with Gasteiger partial charge in [-0.1, -0.05) is 33.8 Å². The average Bonchev–Trinajstić information content (AvgIpc) is 2.17. The van der Waals surface area contributed by atoms with Crippen molar-refractivity contribution in [2.75, 3.05) is 0 Å². The Labute approximate surface area is 100 Å². The van der Waals surface area contributed by atoms with Gasteiger partial charge in [-0.15, -0.1) is 0 Å². The van der Waals surface area contributed by atoms with E-state index in [4.69, 9.17) is 4.74 Å². The highest BCUT2D eigenvalue weighted by Gasteiger charge is 2.24. The summed E-state index contributed by atoms with van der Waals surface area (Å²) in [5.74, 6) is 0.579. The van der Waals surface area contributed by atoms with Crippen LogP contribution in [0.15, 0.2) is 12.7 Å². The molecule has 0 aromatic heterocycles. The van der Waals surface area contributed by atoms with E-state index in [1.54, 1.807) is 6.08 Å². The zero-order valence-electron chi connectivity index (χ0n) is 11.2. The van der Waals surface area contributed by atoms with Crippen molar-refractivity contribution in [1.29, 1.82) is 0 Å². The van der Waals surface area contributed by atoms with Gasteiger partial charge in [0.2, 0.25) is 0 Å². The molecule has 1 atom stereocenters. The maximum absolute atomic E-state index is 11.4. The standard InChI is InChI=1S/C14H26O2/c1-6-9-13(15)16-14(5,7-2)11-8-10-12(3)4/h7,12H,2,6,8-11H2,1,3-5H3. The zero-order chi connectivity index (χ0) is 12.6. The van der Waals surface area contributed by atoms with Gasteiger partial charge in [-0.3, -0.25) is 4.79 Å². The molecule has 0 fully saturated rings. The maximum atomic E-state index is 11.4. The highest BCUT2D eigenvalue weighted by atomic mass is 16.6. The van der Waals surface area contributed by atoms with E-state index in [9.17, 15) is 4.79 Å². The first kappa shape index (κ1) is 15.2. The third-order valence-electron chi connectivity index (χ3n) is 2.69. The van der Waals surface area contributed by atoms with E-state index in [0.29, 0.717) is 12.3 Å². The second-order valence-corrected chi connectivity index (χ2v) is 5.03. The zero-order valence-corrected chi connectivity index (χ0v) is 11.2. The average molecular weight is 226 g/mol. The van der Waals surface area contributed by atoms with E-state index in [2.05, 4.69) is 20.4 Å². The van der Waals surface area contributed by atoms with Gasteiger partial charge in [0.05, 0.1) is 0 Å². The lowest BCUT2D eigenvalue weighted by Gasteiger charge is -2.26. The first-order valence-corrected chi connectivity index (χ1v) is 6.29. The molecule has 16 heavy (non-hydrogen) atoms. The van der Waals surface area contributed by atoms with Crippen molar-refractivity contribution in [3.05, 3.63) is 12.7 Å². The van der Waals surface area contributed by atoms with Crippen molar-refractivity contribution in [3.63, 3.8) is 0 Å². The Morgan fingerprint density at radius 3 is 2.56 bits per heavy atom. The van der Waals surface area contributed by atoms with Crippen molar-refractivity contribution >= 4 is 5.97 Å².